The SMILES string of the molecule is COc1ccc(CNC(=O)C(=O)Nc2ccccc2C(C)(C)C)cc1. The van der Waals surface area contributed by atoms with Gasteiger partial charge in [0.1, 0.15) is 5.75 Å². The lowest BCUT2D eigenvalue weighted by Crippen LogP contribution is -2.35. The number of carbonyl (C=O) groups is 2. The number of nitrogens with one attached hydrogen (secondary N) is 2. The van der Waals surface area contributed by atoms with E-state index >= 15 is 0 Å². The molecule has 2 amide bonds. The summed E-state index contributed by atoms with van der Waals surface area (Å²) in [6.45, 7) is 6.45. The van der Waals surface area contributed by atoms with Crippen LogP contribution in [0.4, 0.5) is 5.69 Å². The molecule has 2 aromatic carbocycles. The van der Waals surface area contributed by atoms with Crippen molar-refractivity contribution < 1.29 is 14.3 Å². The van der Waals surface area contributed by atoms with E-state index in [4.69, 9.17) is 4.74 Å². The van der Waals surface area contributed by atoms with Crippen molar-refractivity contribution in [3.05, 3.63) is 59.7 Å². The molecule has 0 aliphatic rings. The Balaban J connectivity index is 1.98. The van der Waals surface area contributed by atoms with Crippen molar-refractivity contribution >= 4 is 17.5 Å². The van der Waals surface area contributed by atoms with Crippen molar-refractivity contribution in [1.82, 2.24) is 5.32 Å². The molecule has 0 radical (unpaired) electrons. The maximum Gasteiger partial charge on any atom is 0.313 e. The lowest BCUT2D eigenvalue weighted by Gasteiger charge is -2.22. The Morgan fingerprint density at radius 2 is 1.60 bits per heavy atom. The molecule has 0 bridgehead atoms. The van der Waals surface area contributed by atoms with E-state index in [1.807, 2.05) is 30.3 Å². The number of benzene rings is 2. The predicted octanol–water partition coefficient (Wildman–Crippen LogP) is 3.25. The van der Waals surface area contributed by atoms with Gasteiger partial charge in [0.05, 0.1) is 7.11 Å². The molecule has 0 fully saturated rings. The maximum atomic E-state index is 12.2. The summed E-state index contributed by atoms with van der Waals surface area (Å²) < 4.78 is 5.09. The zero-order chi connectivity index (χ0) is 18.4. The molecule has 0 atom stereocenters. The Morgan fingerprint density at radius 1 is 0.960 bits per heavy atom. The molecule has 132 valence electrons. The van der Waals surface area contributed by atoms with Gasteiger partial charge in [-0.3, -0.25) is 9.59 Å². The minimum absolute atomic E-state index is 0.135. The van der Waals surface area contributed by atoms with Crippen LogP contribution in [0.15, 0.2) is 48.5 Å². The first-order valence-electron chi connectivity index (χ1n) is 8.13. The first-order valence-corrected chi connectivity index (χ1v) is 8.13. The van der Waals surface area contributed by atoms with Gasteiger partial charge in [0.2, 0.25) is 0 Å². The average molecular weight is 340 g/mol. The number of ether oxygens (including phenoxy) is 1. The van der Waals surface area contributed by atoms with Crippen LogP contribution in [0.5, 0.6) is 5.75 Å². The molecule has 0 aromatic heterocycles. The molecule has 5 nitrogen and oxygen atoms in total. The molecule has 2 aromatic rings. The van der Waals surface area contributed by atoms with E-state index in [0.29, 0.717) is 5.69 Å². The molecule has 0 aliphatic heterocycles. The fourth-order valence-electron chi connectivity index (χ4n) is 2.43. The number of hydrogen-bond acceptors (Lipinski definition) is 3. The first-order chi connectivity index (χ1) is 11.8. The number of para-hydroxylation sites is 1. The zero-order valence-corrected chi connectivity index (χ0v) is 15.1. The Bertz CT molecular complexity index is 746. The highest BCUT2D eigenvalue weighted by Crippen LogP contribution is 2.29. The van der Waals surface area contributed by atoms with Crippen molar-refractivity contribution in [2.45, 2.75) is 32.7 Å². The lowest BCUT2D eigenvalue weighted by atomic mass is 9.86. The molecule has 0 unspecified atom stereocenters. The van der Waals surface area contributed by atoms with Crippen LogP contribution >= 0.6 is 0 Å². The third-order valence-corrected chi connectivity index (χ3v) is 3.80. The van der Waals surface area contributed by atoms with Gasteiger partial charge in [-0.1, -0.05) is 51.1 Å². The largest absolute Gasteiger partial charge is 0.497 e. The summed E-state index contributed by atoms with van der Waals surface area (Å²) >= 11 is 0. The summed E-state index contributed by atoms with van der Waals surface area (Å²) in [5.74, 6) is -0.601. The monoisotopic (exact) mass is 340 g/mol. The van der Waals surface area contributed by atoms with Crippen LogP contribution in [-0.2, 0) is 21.5 Å². The van der Waals surface area contributed by atoms with Gasteiger partial charge < -0.3 is 15.4 Å². The second-order valence-corrected chi connectivity index (χ2v) is 6.78. The van der Waals surface area contributed by atoms with E-state index in [9.17, 15) is 9.59 Å². The highest BCUT2D eigenvalue weighted by Gasteiger charge is 2.20. The number of amides is 2. The Labute approximate surface area is 148 Å². The topological polar surface area (TPSA) is 67.4 Å². The van der Waals surface area contributed by atoms with Crippen LogP contribution < -0.4 is 15.4 Å². The van der Waals surface area contributed by atoms with Crippen LogP contribution in [0, 0.1) is 0 Å². The van der Waals surface area contributed by atoms with Crippen LogP contribution in [0.2, 0.25) is 0 Å². The quantitative estimate of drug-likeness (QED) is 0.840. The number of anilines is 1. The molecule has 2 N–H and O–H groups in total. The average Bonchev–Trinajstić information content (AvgIpc) is 2.59. The molecule has 0 heterocycles. The summed E-state index contributed by atoms with van der Waals surface area (Å²) in [6.07, 6.45) is 0. The summed E-state index contributed by atoms with van der Waals surface area (Å²) in [5.41, 5.74) is 2.38. The molecule has 2 rings (SSSR count). The van der Waals surface area contributed by atoms with Crippen LogP contribution in [-0.4, -0.2) is 18.9 Å². The van der Waals surface area contributed by atoms with Crippen molar-refractivity contribution in [2.75, 3.05) is 12.4 Å². The molecular weight excluding hydrogens is 316 g/mol. The fraction of sp³-hybridized carbons (Fsp3) is 0.300. The molecule has 5 heteroatoms. The van der Waals surface area contributed by atoms with Crippen molar-refractivity contribution in [3.63, 3.8) is 0 Å². The molecule has 0 saturated carbocycles. The second kappa shape index (κ2) is 7.83. The number of rotatable bonds is 4. The van der Waals surface area contributed by atoms with Gasteiger partial charge in [-0.15, -0.1) is 0 Å². The third-order valence-electron chi connectivity index (χ3n) is 3.80. The van der Waals surface area contributed by atoms with Crippen molar-refractivity contribution in [3.8, 4) is 5.75 Å². The minimum atomic E-state index is -0.676. The van der Waals surface area contributed by atoms with Gasteiger partial charge in [0.25, 0.3) is 0 Å². The molecule has 0 saturated heterocycles. The molecule has 0 spiro atoms. The van der Waals surface area contributed by atoms with Gasteiger partial charge in [0.15, 0.2) is 0 Å². The van der Waals surface area contributed by atoms with Crippen LogP contribution in [0.25, 0.3) is 0 Å². The minimum Gasteiger partial charge on any atom is -0.497 e. The molecule has 0 aliphatic carbocycles. The van der Waals surface area contributed by atoms with E-state index in [0.717, 1.165) is 16.9 Å². The highest BCUT2D eigenvalue weighted by molar-refractivity contribution is 6.39. The smallest absolute Gasteiger partial charge is 0.313 e. The fourth-order valence-corrected chi connectivity index (χ4v) is 2.43. The van der Waals surface area contributed by atoms with Crippen LogP contribution in [0.1, 0.15) is 31.9 Å². The van der Waals surface area contributed by atoms with Crippen molar-refractivity contribution in [1.29, 1.82) is 0 Å². The lowest BCUT2D eigenvalue weighted by molar-refractivity contribution is -0.136. The predicted molar refractivity (Wildman–Crippen MR) is 98.6 cm³/mol. The van der Waals surface area contributed by atoms with Crippen LogP contribution in [0.3, 0.4) is 0 Å². The highest BCUT2D eigenvalue weighted by atomic mass is 16.5. The number of hydrogen-bond donors (Lipinski definition) is 2. The second-order valence-electron chi connectivity index (χ2n) is 6.78. The van der Waals surface area contributed by atoms with Gasteiger partial charge in [0, 0.05) is 12.2 Å². The van der Waals surface area contributed by atoms with E-state index in [-0.39, 0.29) is 12.0 Å². The Kier molecular flexibility index (Phi) is 5.80. The van der Waals surface area contributed by atoms with Gasteiger partial charge in [-0.05, 0) is 34.7 Å². The summed E-state index contributed by atoms with van der Waals surface area (Å²) in [5, 5.41) is 5.32. The van der Waals surface area contributed by atoms with Gasteiger partial charge >= 0.3 is 11.8 Å². The summed E-state index contributed by atoms with van der Waals surface area (Å²) in [7, 11) is 1.59. The normalized spacial score (nSPS) is 10.9. The maximum absolute atomic E-state index is 12.2. The first kappa shape index (κ1) is 18.5. The standard InChI is InChI=1S/C20H24N2O3/c1-20(2,3)16-7-5-6-8-17(16)22-19(24)18(23)21-13-14-9-11-15(25-4)12-10-14/h5-12H,13H2,1-4H3,(H,21,23)(H,22,24). The van der Waals surface area contributed by atoms with Gasteiger partial charge in [-0.25, -0.2) is 0 Å². The zero-order valence-electron chi connectivity index (χ0n) is 15.1. The van der Waals surface area contributed by atoms with Gasteiger partial charge in [-0.2, -0.15) is 0 Å². The van der Waals surface area contributed by atoms with E-state index in [1.54, 1.807) is 25.3 Å². The summed E-state index contributed by atoms with van der Waals surface area (Å²) in [4.78, 5) is 24.2. The van der Waals surface area contributed by atoms with E-state index in [2.05, 4.69) is 31.4 Å². The van der Waals surface area contributed by atoms with E-state index < -0.39 is 11.8 Å². The number of carbonyl (C=O) groups excluding carboxylic acids is 2. The number of methoxy groups -OCH3 is 1. The Hall–Kier alpha value is -2.82. The summed E-state index contributed by atoms with van der Waals surface area (Å²) in [6, 6.07) is 14.8. The molecular formula is C20H24N2O3. The molecule has 25 heavy (non-hydrogen) atoms. The van der Waals surface area contributed by atoms with E-state index in [1.165, 1.54) is 0 Å². The van der Waals surface area contributed by atoms with Crippen molar-refractivity contribution in [2.24, 2.45) is 0 Å². The third kappa shape index (κ3) is 5.08. The Morgan fingerprint density at radius 3 is 2.20 bits per heavy atom.